The van der Waals surface area contributed by atoms with Crippen molar-refractivity contribution in [2.24, 2.45) is 7.05 Å². The van der Waals surface area contributed by atoms with Gasteiger partial charge in [0.25, 0.3) is 0 Å². The molecule has 0 aliphatic heterocycles. The van der Waals surface area contributed by atoms with Crippen molar-refractivity contribution in [1.29, 1.82) is 0 Å². The number of hydrogen-bond acceptors (Lipinski definition) is 5. The Morgan fingerprint density at radius 3 is 2.58 bits per heavy atom. The molecule has 4 rings (SSSR count). The van der Waals surface area contributed by atoms with E-state index in [1.165, 1.54) is 17.3 Å². The predicted octanol–water partition coefficient (Wildman–Crippen LogP) is 5.44. The van der Waals surface area contributed by atoms with Crippen molar-refractivity contribution < 1.29 is 9.59 Å². The number of para-hydroxylation sites is 1. The Bertz CT molecular complexity index is 1300. The van der Waals surface area contributed by atoms with E-state index in [0.717, 1.165) is 17.5 Å². The van der Waals surface area contributed by atoms with Gasteiger partial charge < -0.3 is 9.88 Å². The van der Waals surface area contributed by atoms with Crippen LogP contribution in [0.5, 0.6) is 0 Å². The molecule has 33 heavy (non-hydrogen) atoms. The lowest BCUT2D eigenvalue weighted by atomic mass is 9.99. The number of nitrogens with zero attached hydrogens (tertiary/aromatic N) is 3. The van der Waals surface area contributed by atoms with Crippen molar-refractivity contribution in [3.63, 3.8) is 0 Å². The number of nitrogens with one attached hydrogen (secondary N) is 1. The predicted molar refractivity (Wildman–Crippen MR) is 133 cm³/mol. The number of imidazole rings is 1. The van der Waals surface area contributed by atoms with Crippen LogP contribution in [0.1, 0.15) is 47.9 Å². The van der Waals surface area contributed by atoms with E-state index in [-0.39, 0.29) is 17.4 Å². The third kappa shape index (κ3) is 5.14. The number of aromatic nitrogens is 3. The van der Waals surface area contributed by atoms with Gasteiger partial charge in [-0.15, -0.1) is 0 Å². The maximum absolute atomic E-state index is 13.2. The highest BCUT2D eigenvalue weighted by Crippen LogP contribution is 2.26. The van der Waals surface area contributed by atoms with Crippen molar-refractivity contribution in [2.45, 2.75) is 31.2 Å². The van der Waals surface area contributed by atoms with Crippen LogP contribution in [0.2, 0.25) is 0 Å². The minimum atomic E-state index is -0.172. The molecule has 0 unspecified atom stereocenters. The summed E-state index contributed by atoms with van der Waals surface area (Å²) in [6.07, 6.45) is 4.42. The number of amides is 1. The Kier molecular flexibility index (Phi) is 6.89. The molecule has 0 spiro atoms. The molecule has 7 heteroatoms. The van der Waals surface area contributed by atoms with Gasteiger partial charge in [-0.2, -0.15) is 0 Å². The van der Waals surface area contributed by atoms with E-state index in [2.05, 4.69) is 41.3 Å². The van der Waals surface area contributed by atoms with Crippen LogP contribution in [0, 0.1) is 0 Å². The lowest BCUT2D eigenvalue weighted by Gasteiger charge is -2.11. The first-order valence-electron chi connectivity index (χ1n) is 10.9. The van der Waals surface area contributed by atoms with Crippen molar-refractivity contribution in [3.8, 4) is 0 Å². The van der Waals surface area contributed by atoms with E-state index < -0.39 is 0 Å². The van der Waals surface area contributed by atoms with Gasteiger partial charge in [0.1, 0.15) is 0 Å². The number of ketones is 1. The van der Waals surface area contributed by atoms with E-state index in [4.69, 9.17) is 0 Å². The molecular weight excluding hydrogens is 432 g/mol. The minimum absolute atomic E-state index is 0.122. The summed E-state index contributed by atoms with van der Waals surface area (Å²) in [6.45, 7) is 4.35. The Morgan fingerprint density at radius 2 is 1.88 bits per heavy atom. The molecule has 0 radical (unpaired) electrons. The maximum Gasteiger partial charge on any atom is 0.234 e. The molecule has 0 bridgehead atoms. The number of hydrogen-bond donors (Lipinski definition) is 1. The standard InChI is InChI=1S/C26H26N4O2S/c1-4-17(2)18-9-11-19(12-10-18)28-23(31)16-33-24-15-21(20-7-5-6-8-22(20)29-24)25(32)26-27-13-14-30(26)3/h5-15,17H,4,16H2,1-3H3,(H,28,31)/t17-/m0/s1. The van der Waals surface area contributed by atoms with Gasteiger partial charge in [0.2, 0.25) is 11.7 Å². The SMILES string of the molecule is CC[C@H](C)c1ccc(NC(=O)CSc2cc(C(=O)c3nccn3C)c3ccccc3n2)cc1. The van der Waals surface area contributed by atoms with Gasteiger partial charge in [0.05, 0.1) is 16.3 Å². The van der Waals surface area contributed by atoms with Gasteiger partial charge in [-0.05, 0) is 42.2 Å². The van der Waals surface area contributed by atoms with Crippen LogP contribution in [-0.4, -0.2) is 32.0 Å². The molecule has 1 atom stereocenters. The number of fused-ring (bicyclic) bond motifs is 1. The monoisotopic (exact) mass is 458 g/mol. The second-order valence-corrected chi connectivity index (χ2v) is 8.98. The minimum Gasteiger partial charge on any atom is -0.331 e. The van der Waals surface area contributed by atoms with Crippen LogP contribution < -0.4 is 5.32 Å². The number of rotatable bonds is 8. The molecule has 2 heterocycles. The summed E-state index contributed by atoms with van der Waals surface area (Å²) < 4.78 is 1.70. The van der Waals surface area contributed by atoms with E-state index in [9.17, 15) is 9.59 Å². The first-order chi connectivity index (χ1) is 16.0. The summed E-state index contributed by atoms with van der Waals surface area (Å²) in [7, 11) is 1.79. The lowest BCUT2D eigenvalue weighted by molar-refractivity contribution is -0.113. The fraction of sp³-hybridized carbons (Fsp3) is 0.231. The Balaban J connectivity index is 1.50. The van der Waals surface area contributed by atoms with E-state index in [1.54, 1.807) is 30.1 Å². The molecule has 0 aliphatic carbocycles. The normalized spacial score (nSPS) is 12.0. The number of pyridine rings is 1. The number of carbonyl (C=O) groups excluding carboxylic acids is 2. The van der Waals surface area contributed by atoms with E-state index in [1.807, 2.05) is 36.4 Å². The summed E-state index contributed by atoms with van der Waals surface area (Å²) in [5, 5.41) is 4.32. The maximum atomic E-state index is 13.2. The molecule has 2 aromatic carbocycles. The molecular formula is C26H26N4O2S. The zero-order valence-corrected chi connectivity index (χ0v) is 19.7. The van der Waals surface area contributed by atoms with Gasteiger partial charge in [0.15, 0.2) is 5.82 Å². The van der Waals surface area contributed by atoms with Gasteiger partial charge in [0, 0.05) is 36.1 Å². The second kappa shape index (κ2) is 10.0. The largest absolute Gasteiger partial charge is 0.331 e. The number of thioether (sulfide) groups is 1. The van der Waals surface area contributed by atoms with Gasteiger partial charge in [-0.25, -0.2) is 9.97 Å². The molecule has 168 valence electrons. The smallest absolute Gasteiger partial charge is 0.234 e. The highest BCUT2D eigenvalue weighted by atomic mass is 32.2. The molecule has 0 aliphatic rings. The molecule has 0 fully saturated rings. The third-order valence-electron chi connectivity index (χ3n) is 5.69. The number of carbonyl (C=O) groups is 2. The van der Waals surface area contributed by atoms with E-state index in [0.29, 0.717) is 27.8 Å². The Hall–Kier alpha value is -3.45. The summed E-state index contributed by atoms with van der Waals surface area (Å²) in [6, 6.07) is 17.2. The average molecular weight is 459 g/mol. The van der Waals surface area contributed by atoms with Crippen molar-refractivity contribution in [1.82, 2.24) is 14.5 Å². The van der Waals surface area contributed by atoms with Crippen LogP contribution in [0.3, 0.4) is 0 Å². The van der Waals surface area contributed by atoms with Crippen molar-refractivity contribution in [2.75, 3.05) is 11.1 Å². The fourth-order valence-electron chi connectivity index (χ4n) is 3.59. The summed E-state index contributed by atoms with van der Waals surface area (Å²) in [4.78, 5) is 34.5. The van der Waals surface area contributed by atoms with E-state index >= 15 is 0 Å². The van der Waals surface area contributed by atoms with Crippen molar-refractivity contribution >= 4 is 40.0 Å². The van der Waals surface area contributed by atoms with Crippen LogP contribution >= 0.6 is 11.8 Å². The summed E-state index contributed by atoms with van der Waals surface area (Å²) >= 11 is 1.30. The molecule has 0 saturated heterocycles. The van der Waals surface area contributed by atoms with Gasteiger partial charge in [-0.1, -0.05) is 55.9 Å². The molecule has 0 saturated carbocycles. The number of aryl methyl sites for hydroxylation is 1. The van der Waals surface area contributed by atoms with Crippen LogP contribution in [0.15, 0.2) is 72.0 Å². The average Bonchev–Trinajstić information content (AvgIpc) is 3.27. The molecule has 6 nitrogen and oxygen atoms in total. The highest BCUT2D eigenvalue weighted by Gasteiger charge is 2.19. The van der Waals surface area contributed by atoms with Crippen LogP contribution in [-0.2, 0) is 11.8 Å². The third-order valence-corrected chi connectivity index (χ3v) is 6.60. The van der Waals surface area contributed by atoms with Crippen LogP contribution in [0.25, 0.3) is 10.9 Å². The first-order valence-corrected chi connectivity index (χ1v) is 11.9. The Morgan fingerprint density at radius 1 is 1.12 bits per heavy atom. The number of anilines is 1. The molecule has 4 aromatic rings. The topological polar surface area (TPSA) is 76.9 Å². The molecule has 1 amide bonds. The zero-order chi connectivity index (χ0) is 23.4. The summed E-state index contributed by atoms with van der Waals surface area (Å²) in [5.74, 6) is 0.749. The quantitative estimate of drug-likeness (QED) is 0.281. The van der Waals surface area contributed by atoms with Crippen LogP contribution in [0.4, 0.5) is 5.69 Å². The van der Waals surface area contributed by atoms with Gasteiger partial charge >= 0.3 is 0 Å². The summed E-state index contributed by atoms with van der Waals surface area (Å²) in [5.41, 5.74) is 3.26. The molecule has 1 N–H and O–H groups in total. The first kappa shape index (κ1) is 22.7. The zero-order valence-electron chi connectivity index (χ0n) is 18.9. The lowest BCUT2D eigenvalue weighted by Crippen LogP contribution is -2.14. The van der Waals surface area contributed by atoms with Gasteiger partial charge in [-0.3, -0.25) is 9.59 Å². The molecule has 2 aromatic heterocycles. The second-order valence-electron chi connectivity index (χ2n) is 7.98. The Labute approximate surface area is 197 Å². The highest BCUT2D eigenvalue weighted by molar-refractivity contribution is 7.99. The fourth-order valence-corrected chi connectivity index (χ4v) is 4.30. The number of benzene rings is 2. The van der Waals surface area contributed by atoms with Crippen molar-refractivity contribution in [3.05, 3.63) is 83.9 Å².